The molecule has 2 heteroatoms. The molecule has 1 rings (SSSR count). The smallest absolute Gasteiger partial charge is 0.132 e. The molecule has 0 aromatic carbocycles. The van der Waals surface area contributed by atoms with Gasteiger partial charge in [0.1, 0.15) is 5.60 Å². The normalized spacial score (nSPS) is 27.3. The fourth-order valence-corrected chi connectivity index (χ4v) is 1.05. The largest absolute Gasteiger partial charge is 0.390 e. The molecule has 0 atom stereocenters. The van der Waals surface area contributed by atoms with Gasteiger partial charge in [-0.2, -0.15) is 0 Å². The maximum absolute atomic E-state index is 5.30. The fraction of sp³-hybridized carbons (Fsp3) is 0.889. The zero-order chi connectivity index (χ0) is 8.54. The Labute approximate surface area is 68.6 Å². The van der Waals surface area contributed by atoms with Crippen LogP contribution in [0.15, 0.2) is 5.16 Å². The zero-order valence-electron chi connectivity index (χ0n) is 7.85. The molecule has 0 aromatic heterocycles. The second-order valence-electron chi connectivity index (χ2n) is 4.57. The molecule has 64 valence electrons. The number of oxime groups is 1. The third-order valence-electron chi connectivity index (χ3n) is 2.07. The first-order valence-electron chi connectivity index (χ1n) is 4.14. The van der Waals surface area contributed by atoms with Gasteiger partial charge in [-0.3, -0.25) is 0 Å². The summed E-state index contributed by atoms with van der Waals surface area (Å²) in [5, 5.41) is 3.95. The fourth-order valence-electron chi connectivity index (χ4n) is 1.05. The van der Waals surface area contributed by atoms with Gasteiger partial charge in [-0.05, 0) is 26.7 Å². The van der Waals surface area contributed by atoms with Crippen molar-refractivity contribution < 1.29 is 4.84 Å². The van der Waals surface area contributed by atoms with Gasteiger partial charge in [0.15, 0.2) is 0 Å². The second kappa shape index (κ2) is 2.50. The molecule has 0 N–H and O–H groups in total. The van der Waals surface area contributed by atoms with Crippen LogP contribution in [0.4, 0.5) is 0 Å². The highest BCUT2D eigenvalue weighted by Crippen LogP contribution is 2.29. The molecule has 11 heavy (non-hydrogen) atoms. The molecule has 0 aliphatic carbocycles. The molecule has 0 aromatic rings. The summed E-state index contributed by atoms with van der Waals surface area (Å²) in [6.45, 7) is 8.51. The van der Waals surface area contributed by atoms with E-state index in [0.29, 0.717) is 0 Å². The first kappa shape index (κ1) is 8.57. The van der Waals surface area contributed by atoms with Gasteiger partial charge >= 0.3 is 0 Å². The van der Waals surface area contributed by atoms with Crippen LogP contribution in [0.1, 0.15) is 40.5 Å². The van der Waals surface area contributed by atoms with E-state index in [1.54, 1.807) is 0 Å². The lowest BCUT2D eigenvalue weighted by Crippen LogP contribution is -2.22. The van der Waals surface area contributed by atoms with Crippen molar-refractivity contribution in [2.24, 2.45) is 10.6 Å². The SMILES string of the molecule is CC1(C)C=NOC(C)(C)CC1. The van der Waals surface area contributed by atoms with Crippen LogP contribution in [0, 0.1) is 5.41 Å². The van der Waals surface area contributed by atoms with E-state index in [4.69, 9.17) is 4.84 Å². The Kier molecular flexibility index (Phi) is 1.95. The molecule has 0 bridgehead atoms. The van der Waals surface area contributed by atoms with E-state index in [2.05, 4.69) is 32.9 Å². The molecule has 1 aliphatic heterocycles. The molecule has 1 heterocycles. The topological polar surface area (TPSA) is 21.6 Å². The van der Waals surface area contributed by atoms with E-state index in [-0.39, 0.29) is 11.0 Å². The Morgan fingerprint density at radius 3 is 2.45 bits per heavy atom. The molecule has 2 nitrogen and oxygen atoms in total. The Bertz CT molecular complexity index is 170. The summed E-state index contributed by atoms with van der Waals surface area (Å²) in [7, 11) is 0. The predicted octanol–water partition coefficient (Wildman–Crippen LogP) is 2.59. The van der Waals surface area contributed by atoms with Crippen molar-refractivity contribution in [2.45, 2.75) is 46.1 Å². The molecule has 0 unspecified atom stereocenters. The van der Waals surface area contributed by atoms with Crippen LogP contribution in [-0.4, -0.2) is 11.8 Å². The molecule has 0 spiro atoms. The zero-order valence-corrected chi connectivity index (χ0v) is 7.85. The molecule has 0 radical (unpaired) electrons. The van der Waals surface area contributed by atoms with Crippen LogP contribution in [0.3, 0.4) is 0 Å². The van der Waals surface area contributed by atoms with Gasteiger partial charge in [-0.25, -0.2) is 0 Å². The highest BCUT2D eigenvalue weighted by atomic mass is 16.6. The van der Waals surface area contributed by atoms with Crippen molar-refractivity contribution in [3.8, 4) is 0 Å². The maximum atomic E-state index is 5.30. The van der Waals surface area contributed by atoms with Crippen molar-refractivity contribution in [3.63, 3.8) is 0 Å². The van der Waals surface area contributed by atoms with Crippen molar-refractivity contribution >= 4 is 6.21 Å². The van der Waals surface area contributed by atoms with Crippen LogP contribution >= 0.6 is 0 Å². The summed E-state index contributed by atoms with van der Waals surface area (Å²) < 4.78 is 0. The Balaban J connectivity index is 2.65. The van der Waals surface area contributed by atoms with Crippen LogP contribution < -0.4 is 0 Å². The molecule has 0 saturated heterocycles. The van der Waals surface area contributed by atoms with Gasteiger partial charge in [0.25, 0.3) is 0 Å². The number of rotatable bonds is 0. The van der Waals surface area contributed by atoms with E-state index in [1.165, 1.54) is 0 Å². The Morgan fingerprint density at radius 2 is 1.82 bits per heavy atom. The third kappa shape index (κ3) is 2.52. The highest BCUT2D eigenvalue weighted by Gasteiger charge is 2.27. The lowest BCUT2D eigenvalue weighted by molar-refractivity contribution is -0.0175. The monoisotopic (exact) mass is 155 g/mol. The van der Waals surface area contributed by atoms with Crippen molar-refractivity contribution in [1.29, 1.82) is 0 Å². The van der Waals surface area contributed by atoms with Crippen LogP contribution in [0.5, 0.6) is 0 Å². The third-order valence-corrected chi connectivity index (χ3v) is 2.07. The average Bonchev–Trinajstić information content (AvgIpc) is 1.92. The van der Waals surface area contributed by atoms with Gasteiger partial charge in [-0.1, -0.05) is 19.0 Å². The van der Waals surface area contributed by atoms with Gasteiger partial charge in [0, 0.05) is 11.6 Å². The van der Waals surface area contributed by atoms with E-state index in [1.807, 2.05) is 6.21 Å². The van der Waals surface area contributed by atoms with Crippen LogP contribution in [-0.2, 0) is 4.84 Å². The van der Waals surface area contributed by atoms with Gasteiger partial charge in [0.2, 0.25) is 0 Å². The standard InChI is InChI=1S/C9H17NO/c1-8(2)5-6-9(3,4)11-10-7-8/h7H,5-6H2,1-4H3. The summed E-state index contributed by atoms with van der Waals surface area (Å²) in [5.41, 5.74) is 0.123. The van der Waals surface area contributed by atoms with Crippen molar-refractivity contribution in [2.75, 3.05) is 0 Å². The van der Waals surface area contributed by atoms with Gasteiger partial charge in [0.05, 0.1) is 0 Å². The van der Waals surface area contributed by atoms with Crippen molar-refractivity contribution in [3.05, 3.63) is 0 Å². The first-order valence-corrected chi connectivity index (χ1v) is 4.14. The summed E-state index contributed by atoms with van der Waals surface area (Å²) in [4.78, 5) is 5.30. The number of hydrogen-bond donors (Lipinski definition) is 0. The molecule has 0 amide bonds. The van der Waals surface area contributed by atoms with E-state index < -0.39 is 0 Å². The molecular formula is C9H17NO. The van der Waals surface area contributed by atoms with E-state index in [9.17, 15) is 0 Å². The maximum Gasteiger partial charge on any atom is 0.132 e. The Hall–Kier alpha value is -0.530. The molecule has 0 fully saturated rings. The lowest BCUT2D eigenvalue weighted by Gasteiger charge is -2.21. The Morgan fingerprint density at radius 1 is 1.18 bits per heavy atom. The minimum Gasteiger partial charge on any atom is -0.390 e. The predicted molar refractivity (Wildman–Crippen MR) is 46.7 cm³/mol. The number of nitrogens with zero attached hydrogens (tertiary/aromatic N) is 1. The minimum absolute atomic E-state index is 0.0791. The molecule has 0 saturated carbocycles. The molecular weight excluding hydrogens is 138 g/mol. The summed E-state index contributed by atoms with van der Waals surface area (Å²) in [6.07, 6.45) is 4.12. The second-order valence-corrected chi connectivity index (χ2v) is 4.57. The van der Waals surface area contributed by atoms with Gasteiger partial charge < -0.3 is 4.84 Å². The summed E-state index contributed by atoms with van der Waals surface area (Å²) in [5.74, 6) is 0. The lowest BCUT2D eigenvalue weighted by atomic mass is 9.86. The highest BCUT2D eigenvalue weighted by molar-refractivity contribution is 5.64. The van der Waals surface area contributed by atoms with E-state index in [0.717, 1.165) is 12.8 Å². The minimum atomic E-state index is -0.0791. The quantitative estimate of drug-likeness (QED) is 0.527. The van der Waals surface area contributed by atoms with E-state index >= 15 is 0 Å². The average molecular weight is 155 g/mol. The summed E-state index contributed by atoms with van der Waals surface area (Å²) >= 11 is 0. The van der Waals surface area contributed by atoms with Crippen LogP contribution in [0.25, 0.3) is 0 Å². The summed E-state index contributed by atoms with van der Waals surface area (Å²) in [6, 6.07) is 0. The molecule has 1 aliphatic rings. The van der Waals surface area contributed by atoms with Gasteiger partial charge in [-0.15, -0.1) is 0 Å². The first-order chi connectivity index (χ1) is 4.91. The van der Waals surface area contributed by atoms with Crippen LogP contribution in [0.2, 0.25) is 0 Å². The van der Waals surface area contributed by atoms with Crippen molar-refractivity contribution in [1.82, 2.24) is 0 Å². The number of hydrogen-bond acceptors (Lipinski definition) is 2.